The Bertz CT molecular complexity index is 721. The normalized spacial score (nSPS) is 18.8. The van der Waals surface area contributed by atoms with Crippen molar-refractivity contribution < 1.29 is 26.7 Å². The van der Waals surface area contributed by atoms with E-state index in [1.54, 1.807) is 0 Å². The molecule has 0 radical (unpaired) electrons. The monoisotopic (exact) mass is 374 g/mol. The molecular formula is C18H19F5N2O. The van der Waals surface area contributed by atoms with E-state index in [-0.39, 0.29) is 0 Å². The fraction of sp³-hybridized carbons (Fsp3) is 0.500. The standard InChI is InChI=1S/C18H19F5N2O/c1-24(16(26)17(19,20)18(21,22)23)14-6-8-25(9-7-14)11-13-10-12-4-2-3-5-15(12)13/h2-5,10,14H,6-9,11H2,1H3. The topological polar surface area (TPSA) is 23.6 Å². The number of likely N-dealkylation sites (tertiary alicyclic amines) is 1. The third-order valence-corrected chi connectivity index (χ3v) is 5.08. The van der Waals surface area contributed by atoms with Crippen LogP contribution in [-0.2, 0) is 4.79 Å². The number of fused-ring (bicyclic) bond motifs is 1. The highest BCUT2D eigenvalue weighted by molar-refractivity contribution is 5.96. The van der Waals surface area contributed by atoms with Crippen LogP contribution in [0.4, 0.5) is 22.0 Å². The van der Waals surface area contributed by atoms with Crippen molar-refractivity contribution in [1.82, 2.24) is 9.80 Å². The summed E-state index contributed by atoms with van der Waals surface area (Å²) in [6.07, 6.45) is -3.06. The van der Waals surface area contributed by atoms with Gasteiger partial charge < -0.3 is 4.90 Å². The molecule has 1 saturated heterocycles. The molecule has 0 spiro atoms. The van der Waals surface area contributed by atoms with Crippen molar-refractivity contribution in [3.8, 4) is 0 Å². The zero-order chi connectivity index (χ0) is 19.1. The average Bonchev–Trinajstić information content (AvgIpc) is 2.58. The van der Waals surface area contributed by atoms with Gasteiger partial charge in [-0.1, -0.05) is 24.3 Å². The summed E-state index contributed by atoms with van der Waals surface area (Å²) in [5.41, 5.74) is 3.55. The number of rotatable bonds is 4. The Kier molecular flexibility index (Phi) is 4.81. The molecule has 0 N–H and O–H groups in total. The van der Waals surface area contributed by atoms with E-state index in [4.69, 9.17) is 0 Å². The molecule has 1 aliphatic heterocycles. The summed E-state index contributed by atoms with van der Waals surface area (Å²) in [6.45, 7) is 1.79. The minimum Gasteiger partial charge on any atom is -0.337 e. The minimum absolute atomic E-state index is 0.366. The summed E-state index contributed by atoms with van der Waals surface area (Å²) < 4.78 is 63.6. The number of carbonyl (C=O) groups is 1. The molecular weight excluding hydrogens is 355 g/mol. The highest BCUT2D eigenvalue weighted by Gasteiger charge is 2.64. The van der Waals surface area contributed by atoms with Crippen LogP contribution in [0, 0.1) is 0 Å². The maximum Gasteiger partial charge on any atom is 0.463 e. The molecule has 0 bridgehead atoms. The van der Waals surface area contributed by atoms with Gasteiger partial charge in [0.2, 0.25) is 0 Å². The van der Waals surface area contributed by atoms with Crippen molar-refractivity contribution in [3.63, 3.8) is 0 Å². The molecule has 2 aliphatic rings. The van der Waals surface area contributed by atoms with Gasteiger partial charge in [0, 0.05) is 32.7 Å². The van der Waals surface area contributed by atoms with Gasteiger partial charge >= 0.3 is 18.0 Å². The van der Waals surface area contributed by atoms with Gasteiger partial charge in [-0.15, -0.1) is 0 Å². The van der Waals surface area contributed by atoms with Crippen LogP contribution in [0.1, 0.15) is 24.0 Å². The number of piperidine rings is 1. The van der Waals surface area contributed by atoms with E-state index in [1.807, 2.05) is 24.3 Å². The number of halogens is 5. The quantitative estimate of drug-likeness (QED) is 0.751. The van der Waals surface area contributed by atoms with Crippen LogP contribution in [0.3, 0.4) is 0 Å². The number of benzene rings is 1. The van der Waals surface area contributed by atoms with E-state index < -0.39 is 24.0 Å². The molecule has 8 heteroatoms. The Balaban J connectivity index is 1.53. The van der Waals surface area contributed by atoms with Crippen molar-refractivity contribution in [2.24, 2.45) is 0 Å². The zero-order valence-corrected chi connectivity index (χ0v) is 14.2. The summed E-state index contributed by atoms with van der Waals surface area (Å²) in [7, 11) is 1.02. The van der Waals surface area contributed by atoms with Crippen molar-refractivity contribution in [2.45, 2.75) is 31.0 Å². The molecule has 0 saturated carbocycles. The Morgan fingerprint density at radius 2 is 1.77 bits per heavy atom. The van der Waals surface area contributed by atoms with Crippen molar-refractivity contribution in [2.75, 3.05) is 26.7 Å². The molecule has 1 aromatic rings. The molecule has 3 rings (SSSR count). The molecule has 0 atom stereocenters. The Morgan fingerprint density at radius 3 is 2.35 bits per heavy atom. The molecule has 26 heavy (non-hydrogen) atoms. The van der Waals surface area contributed by atoms with Crippen LogP contribution in [0.2, 0.25) is 0 Å². The smallest absolute Gasteiger partial charge is 0.337 e. The minimum atomic E-state index is -5.87. The highest BCUT2D eigenvalue weighted by Crippen LogP contribution is 2.38. The predicted molar refractivity (Wildman–Crippen MR) is 87.5 cm³/mol. The summed E-state index contributed by atoms with van der Waals surface area (Å²) in [6, 6.07) is 7.35. The lowest BCUT2D eigenvalue weighted by Gasteiger charge is -2.38. The molecule has 142 valence electrons. The van der Waals surface area contributed by atoms with Gasteiger partial charge in [0.05, 0.1) is 0 Å². The highest BCUT2D eigenvalue weighted by atomic mass is 19.4. The van der Waals surface area contributed by atoms with Crippen LogP contribution >= 0.6 is 0 Å². The largest absolute Gasteiger partial charge is 0.463 e. The van der Waals surface area contributed by atoms with Gasteiger partial charge in [-0.25, -0.2) is 0 Å². The van der Waals surface area contributed by atoms with Crippen LogP contribution in [0.5, 0.6) is 0 Å². The van der Waals surface area contributed by atoms with Crippen molar-refractivity contribution >= 4 is 17.6 Å². The van der Waals surface area contributed by atoms with E-state index in [2.05, 4.69) is 11.0 Å². The SMILES string of the molecule is CN(C(=O)C(F)(F)C(F)(F)F)C1CCN(CC2=Cc3ccccc32)CC1. The second-order valence-corrected chi connectivity index (χ2v) is 6.75. The Hall–Kier alpha value is -1.96. The lowest BCUT2D eigenvalue weighted by atomic mass is 9.88. The van der Waals surface area contributed by atoms with Gasteiger partial charge in [0.15, 0.2) is 0 Å². The van der Waals surface area contributed by atoms with E-state index >= 15 is 0 Å². The third kappa shape index (κ3) is 3.34. The molecule has 0 unspecified atom stereocenters. The number of hydrogen-bond donors (Lipinski definition) is 0. The summed E-state index contributed by atoms with van der Waals surface area (Å²) in [4.78, 5) is 14.3. The molecule has 1 aromatic carbocycles. The molecule has 1 heterocycles. The fourth-order valence-electron chi connectivity index (χ4n) is 3.45. The fourth-order valence-corrected chi connectivity index (χ4v) is 3.45. The average molecular weight is 374 g/mol. The lowest BCUT2D eigenvalue weighted by Crippen LogP contribution is -2.55. The van der Waals surface area contributed by atoms with E-state index in [1.165, 1.54) is 16.7 Å². The van der Waals surface area contributed by atoms with Crippen LogP contribution in [0.25, 0.3) is 11.6 Å². The van der Waals surface area contributed by atoms with Crippen molar-refractivity contribution in [1.29, 1.82) is 0 Å². The second-order valence-electron chi connectivity index (χ2n) is 6.75. The first-order valence-corrected chi connectivity index (χ1v) is 8.35. The Labute approximate surface area is 148 Å². The zero-order valence-electron chi connectivity index (χ0n) is 14.2. The number of nitrogens with zero attached hydrogens (tertiary/aromatic N) is 2. The van der Waals surface area contributed by atoms with E-state index in [0.717, 1.165) is 7.05 Å². The molecule has 1 aliphatic carbocycles. The molecule has 1 fully saturated rings. The maximum atomic E-state index is 13.2. The van der Waals surface area contributed by atoms with Crippen LogP contribution < -0.4 is 0 Å². The predicted octanol–water partition coefficient (Wildman–Crippen LogP) is 3.66. The van der Waals surface area contributed by atoms with Crippen LogP contribution in [0.15, 0.2) is 24.3 Å². The van der Waals surface area contributed by atoms with Gasteiger partial charge in [-0.05, 0) is 35.6 Å². The van der Waals surface area contributed by atoms with E-state index in [0.29, 0.717) is 37.4 Å². The number of amides is 1. The second kappa shape index (κ2) is 6.64. The summed E-state index contributed by atoms with van der Waals surface area (Å²) in [5, 5.41) is 0. The van der Waals surface area contributed by atoms with Gasteiger partial charge in [0.25, 0.3) is 0 Å². The first-order chi connectivity index (χ1) is 12.1. The summed E-state index contributed by atoms with van der Waals surface area (Å²) >= 11 is 0. The first-order valence-electron chi connectivity index (χ1n) is 8.35. The van der Waals surface area contributed by atoms with Crippen LogP contribution in [-0.4, -0.2) is 60.5 Å². The van der Waals surface area contributed by atoms with Gasteiger partial charge in [-0.3, -0.25) is 9.69 Å². The molecule has 3 nitrogen and oxygen atoms in total. The van der Waals surface area contributed by atoms with E-state index in [9.17, 15) is 26.7 Å². The Morgan fingerprint density at radius 1 is 1.15 bits per heavy atom. The first kappa shape index (κ1) is 18.8. The van der Waals surface area contributed by atoms with Crippen molar-refractivity contribution in [3.05, 3.63) is 35.4 Å². The maximum absolute atomic E-state index is 13.2. The third-order valence-electron chi connectivity index (χ3n) is 5.08. The molecule has 0 aromatic heterocycles. The number of hydrogen-bond acceptors (Lipinski definition) is 2. The lowest BCUT2D eigenvalue weighted by molar-refractivity contribution is -0.274. The van der Waals surface area contributed by atoms with Gasteiger partial charge in [-0.2, -0.15) is 22.0 Å². The number of carbonyl (C=O) groups excluding carboxylic acids is 1. The number of alkyl halides is 5. The summed E-state index contributed by atoms with van der Waals surface area (Å²) in [5.74, 6) is -7.53. The van der Waals surface area contributed by atoms with Gasteiger partial charge in [0.1, 0.15) is 0 Å². The molecule has 1 amide bonds.